The molecule has 7 heteroatoms. The number of nitrogens with zero attached hydrogens (tertiary/aromatic N) is 2. The highest BCUT2D eigenvalue weighted by Crippen LogP contribution is 2.30. The summed E-state index contributed by atoms with van der Waals surface area (Å²) in [7, 11) is 5.68. The third-order valence-corrected chi connectivity index (χ3v) is 6.06. The van der Waals surface area contributed by atoms with Crippen LogP contribution in [0, 0.1) is 0 Å². The van der Waals surface area contributed by atoms with Crippen LogP contribution in [0.4, 0.5) is 16.5 Å². The number of amides is 1. The Balaban J connectivity index is 1.39. The minimum absolute atomic E-state index is 0.0815. The zero-order chi connectivity index (χ0) is 22.5. The zero-order valence-electron chi connectivity index (χ0n) is 18.4. The van der Waals surface area contributed by atoms with Gasteiger partial charge in [0.25, 0.3) is 5.91 Å². The van der Waals surface area contributed by atoms with Crippen LogP contribution in [0.25, 0.3) is 10.2 Å². The van der Waals surface area contributed by atoms with Gasteiger partial charge in [-0.25, -0.2) is 4.98 Å². The Morgan fingerprint density at radius 1 is 1.06 bits per heavy atom. The summed E-state index contributed by atoms with van der Waals surface area (Å²) in [6.07, 6.45) is 0.763. The Morgan fingerprint density at radius 2 is 1.88 bits per heavy atom. The Hall–Kier alpha value is -3.58. The molecule has 0 atom stereocenters. The van der Waals surface area contributed by atoms with Crippen molar-refractivity contribution in [2.45, 2.75) is 6.42 Å². The second-order valence-corrected chi connectivity index (χ2v) is 8.66. The van der Waals surface area contributed by atoms with Crippen LogP contribution in [0.5, 0.6) is 5.75 Å². The Kier molecular flexibility index (Phi) is 6.56. The van der Waals surface area contributed by atoms with Crippen LogP contribution in [0.15, 0.2) is 66.7 Å². The predicted octanol–water partition coefficient (Wildman–Crippen LogP) is 5.09. The number of carbonyl (C=O) groups is 1. The van der Waals surface area contributed by atoms with Crippen molar-refractivity contribution < 1.29 is 9.53 Å². The molecule has 0 saturated carbocycles. The van der Waals surface area contributed by atoms with E-state index >= 15 is 0 Å². The first-order chi connectivity index (χ1) is 15.5. The van der Waals surface area contributed by atoms with Gasteiger partial charge >= 0.3 is 0 Å². The van der Waals surface area contributed by atoms with Crippen molar-refractivity contribution in [1.82, 2.24) is 10.3 Å². The van der Waals surface area contributed by atoms with Gasteiger partial charge in [0.05, 0.1) is 17.3 Å². The van der Waals surface area contributed by atoms with Crippen LogP contribution in [-0.4, -0.2) is 38.6 Å². The van der Waals surface area contributed by atoms with Crippen molar-refractivity contribution in [1.29, 1.82) is 0 Å². The molecule has 0 aliphatic carbocycles. The second-order valence-electron chi connectivity index (χ2n) is 7.63. The lowest BCUT2D eigenvalue weighted by Gasteiger charge is -2.13. The van der Waals surface area contributed by atoms with Crippen molar-refractivity contribution in [3.63, 3.8) is 0 Å². The van der Waals surface area contributed by atoms with Gasteiger partial charge in [-0.05, 0) is 60.5 Å². The molecular formula is C25H26N4O2S. The lowest BCUT2D eigenvalue weighted by Crippen LogP contribution is -2.25. The maximum Gasteiger partial charge on any atom is 0.251 e. The Bertz CT molecular complexity index is 1220. The van der Waals surface area contributed by atoms with E-state index in [1.54, 1.807) is 7.11 Å². The van der Waals surface area contributed by atoms with Crippen LogP contribution in [0.1, 0.15) is 15.9 Å². The second kappa shape index (κ2) is 9.70. The van der Waals surface area contributed by atoms with Crippen LogP contribution in [0.3, 0.4) is 0 Å². The highest BCUT2D eigenvalue weighted by atomic mass is 32.1. The van der Waals surface area contributed by atoms with Crippen molar-refractivity contribution in [2.75, 3.05) is 38.0 Å². The SMILES string of the molecule is COc1ccc(CCNC(=O)c2ccc3nc(Nc4cccc(N(C)C)c4)sc3c2)cc1. The summed E-state index contributed by atoms with van der Waals surface area (Å²) in [6, 6.07) is 21.7. The van der Waals surface area contributed by atoms with E-state index in [9.17, 15) is 4.79 Å². The van der Waals surface area contributed by atoms with Gasteiger partial charge in [-0.2, -0.15) is 0 Å². The lowest BCUT2D eigenvalue weighted by molar-refractivity contribution is 0.0954. The molecule has 0 radical (unpaired) electrons. The quantitative estimate of drug-likeness (QED) is 0.395. The van der Waals surface area contributed by atoms with E-state index in [0.29, 0.717) is 12.1 Å². The zero-order valence-corrected chi connectivity index (χ0v) is 19.2. The molecule has 164 valence electrons. The molecule has 1 amide bonds. The maximum absolute atomic E-state index is 12.6. The summed E-state index contributed by atoms with van der Waals surface area (Å²) in [5, 5.41) is 7.17. The molecule has 0 aliphatic rings. The highest BCUT2D eigenvalue weighted by Gasteiger charge is 2.10. The molecule has 4 aromatic rings. The molecule has 1 heterocycles. The molecule has 3 aromatic carbocycles. The molecule has 0 saturated heterocycles. The molecule has 32 heavy (non-hydrogen) atoms. The number of anilines is 3. The first-order valence-corrected chi connectivity index (χ1v) is 11.2. The number of nitrogens with one attached hydrogen (secondary N) is 2. The van der Waals surface area contributed by atoms with Gasteiger partial charge in [0.2, 0.25) is 0 Å². The summed E-state index contributed by atoms with van der Waals surface area (Å²) < 4.78 is 6.15. The Morgan fingerprint density at radius 3 is 2.62 bits per heavy atom. The maximum atomic E-state index is 12.6. The molecule has 4 rings (SSSR count). The van der Waals surface area contributed by atoms with Gasteiger partial charge in [-0.15, -0.1) is 0 Å². The van der Waals surface area contributed by atoms with E-state index in [1.165, 1.54) is 11.3 Å². The van der Waals surface area contributed by atoms with Crippen LogP contribution < -0.4 is 20.3 Å². The summed E-state index contributed by atoms with van der Waals surface area (Å²) in [4.78, 5) is 19.3. The summed E-state index contributed by atoms with van der Waals surface area (Å²) in [5.41, 5.74) is 4.75. The van der Waals surface area contributed by atoms with Gasteiger partial charge in [0.1, 0.15) is 5.75 Å². The molecular weight excluding hydrogens is 420 g/mol. The van der Waals surface area contributed by atoms with E-state index in [-0.39, 0.29) is 5.91 Å². The van der Waals surface area contributed by atoms with Crippen molar-refractivity contribution >= 4 is 44.0 Å². The third-order valence-electron chi connectivity index (χ3n) is 5.12. The molecule has 2 N–H and O–H groups in total. The Labute approximate surface area is 191 Å². The van der Waals surface area contributed by atoms with Gasteiger partial charge < -0.3 is 20.3 Å². The minimum atomic E-state index is -0.0815. The average Bonchev–Trinajstić information content (AvgIpc) is 3.21. The number of benzene rings is 3. The molecule has 0 aliphatic heterocycles. The highest BCUT2D eigenvalue weighted by molar-refractivity contribution is 7.22. The van der Waals surface area contributed by atoms with Crippen molar-refractivity contribution in [3.05, 3.63) is 77.9 Å². The fraction of sp³-hybridized carbons (Fsp3) is 0.200. The fourth-order valence-electron chi connectivity index (χ4n) is 3.32. The van der Waals surface area contributed by atoms with Gasteiger partial charge in [0.15, 0.2) is 5.13 Å². The number of thiazole rings is 1. The predicted molar refractivity (Wildman–Crippen MR) is 133 cm³/mol. The minimum Gasteiger partial charge on any atom is -0.497 e. The smallest absolute Gasteiger partial charge is 0.251 e. The molecule has 0 unspecified atom stereocenters. The molecule has 1 aromatic heterocycles. The number of rotatable bonds is 8. The number of carbonyl (C=O) groups excluding carboxylic acids is 1. The van der Waals surface area contributed by atoms with E-state index in [0.717, 1.165) is 44.5 Å². The molecule has 0 fully saturated rings. The summed E-state index contributed by atoms with van der Waals surface area (Å²) in [5.74, 6) is 0.747. The standard InChI is InChI=1S/C25H26N4O2S/c1-29(2)20-6-4-5-19(16-20)27-25-28-22-12-9-18(15-23(22)32-25)24(30)26-14-13-17-7-10-21(31-3)11-8-17/h4-12,15-16H,13-14H2,1-3H3,(H,26,30)(H,27,28). The van der Waals surface area contributed by atoms with Crippen molar-refractivity contribution in [3.8, 4) is 5.75 Å². The molecule has 0 spiro atoms. The number of methoxy groups -OCH3 is 1. The molecule has 0 bridgehead atoms. The average molecular weight is 447 g/mol. The van der Waals surface area contributed by atoms with Crippen LogP contribution in [0.2, 0.25) is 0 Å². The fourth-order valence-corrected chi connectivity index (χ4v) is 4.24. The van der Waals surface area contributed by atoms with Crippen LogP contribution >= 0.6 is 11.3 Å². The topological polar surface area (TPSA) is 66.5 Å². The third kappa shape index (κ3) is 5.18. The number of hydrogen-bond donors (Lipinski definition) is 2. The van der Waals surface area contributed by atoms with E-state index in [2.05, 4.69) is 32.7 Å². The van der Waals surface area contributed by atoms with E-state index in [1.807, 2.05) is 68.7 Å². The van der Waals surface area contributed by atoms with E-state index < -0.39 is 0 Å². The first kappa shape index (κ1) is 21.6. The van der Waals surface area contributed by atoms with Gasteiger partial charge in [-0.3, -0.25) is 4.79 Å². The normalized spacial score (nSPS) is 10.7. The summed E-state index contributed by atoms with van der Waals surface area (Å²) >= 11 is 1.53. The van der Waals surface area contributed by atoms with Gasteiger partial charge in [-0.1, -0.05) is 29.5 Å². The lowest BCUT2D eigenvalue weighted by atomic mass is 10.1. The number of aromatic nitrogens is 1. The van der Waals surface area contributed by atoms with Crippen molar-refractivity contribution in [2.24, 2.45) is 0 Å². The number of hydrogen-bond acceptors (Lipinski definition) is 6. The van der Waals surface area contributed by atoms with Crippen LogP contribution in [-0.2, 0) is 6.42 Å². The molecule has 6 nitrogen and oxygen atoms in total. The number of fused-ring (bicyclic) bond motifs is 1. The van der Waals surface area contributed by atoms with Gasteiger partial charge in [0, 0.05) is 37.6 Å². The monoisotopic (exact) mass is 446 g/mol. The van der Waals surface area contributed by atoms with E-state index in [4.69, 9.17) is 4.74 Å². The largest absolute Gasteiger partial charge is 0.497 e. The number of ether oxygens (including phenoxy) is 1. The first-order valence-electron chi connectivity index (χ1n) is 10.4. The summed E-state index contributed by atoms with van der Waals surface area (Å²) in [6.45, 7) is 0.570.